The minimum atomic E-state index is -1.03. The van der Waals surface area contributed by atoms with Gasteiger partial charge in [0, 0.05) is 12.1 Å². The number of carboxylic acid groups (broad SMARTS) is 1. The van der Waals surface area contributed by atoms with Crippen LogP contribution >= 0.6 is 0 Å². The molecule has 1 saturated heterocycles. The van der Waals surface area contributed by atoms with Crippen molar-refractivity contribution in [3.8, 4) is 0 Å². The molecule has 0 radical (unpaired) electrons. The third kappa shape index (κ3) is 4.86. The van der Waals surface area contributed by atoms with Crippen molar-refractivity contribution in [2.24, 2.45) is 0 Å². The van der Waals surface area contributed by atoms with E-state index in [1.54, 1.807) is 6.07 Å². The summed E-state index contributed by atoms with van der Waals surface area (Å²) in [4.78, 5) is 25.0. The molecule has 1 aliphatic rings. The molecule has 0 atom stereocenters. The molecule has 0 saturated carbocycles. The maximum Gasteiger partial charge on any atom is 0.322 e. The van der Waals surface area contributed by atoms with Gasteiger partial charge in [0.15, 0.2) is 0 Å². The molecule has 1 aliphatic heterocycles. The summed E-state index contributed by atoms with van der Waals surface area (Å²) in [7, 11) is 0. The average Bonchev–Trinajstić information content (AvgIpc) is 2.74. The van der Waals surface area contributed by atoms with Crippen molar-refractivity contribution in [3.63, 3.8) is 0 Å². The summed E-state index contributed by atoms with van der Waals surface area (Å²) in [5.74, 6) is -1.35. The Kier molecular flexibility index (Phi) is 5.75. The fraction of sp³-hybridized carbons (Fsp3) is 0.500. The molecule has 0 unspecified atom stereocenters. The van der Waals surface area contributed by atoms with E-state index in [9.17, 15) is 9.59 Å². The second-order valence-corrected chi connectivity index (χ2v) is 5.42. The predicted octanol–water partition coefficient (Wildman–Crippen LogP) is 1.88. The second kappa shape index (κ2) is 7.78. The van der Waals surface area contributed by atoms with Crippen molar-refractivity contribution in [1.82, 2.24) is 10.2 Å². The van der Waals surface area contributed by atoms with Gasteiger partial charge < -0.3 is 10.4 Å². The molecule has 5 heteroatoms. The standard InChI is InChI=1S/C16H22N2O3/c19-15(20)11-17-16(21)14-8-4-3-7-13(14)12-18-9-5-1-2-6-10-18/h3-4,7-8H,1-2,5-6,9-12H2,(H,17,21)(H,19,20). The van der Waals surface area contributed by atoms with E-state index in [1.807, 2.05) is 18.2 Å². The van der Waals surface area contributed by atoms with Crippen LogP contribution in [-0.2, 0) is 11.3 Å². The Balaban J connectivity index is 2.05. The third-order valence-corrected chi connectivity index (χ3v) is 3.75. The predicted molar refractivity (Wildman–Crippen MR) is 80.2 cm³/mol. The van der Waals surface area contributed by atoms with Crippen LogP contribution in [-0.4, -0.2) is 41.5 Å². The van der Waals surface area contributed by atoms with Gasteiger partial charge in [0.05, 0.1) is 0 Å². The molecule has 1 amide bonds. The molecule has 1 aromatic rings. The highest BCUT2D eigenvalue weighted by Gasteiger charge is 2.15. The lowest BCUT2D eigenvalue weighted by molar-refractivity contribution is -0.135. The highest BCUT2D eigenvalue weighted by Crippen LogP contribution is 2.16. The zero-order chi connectivity index (χ0) is 15.1. The maximum atomic E-state index is 12.1. The number of aliphatic carboxylic acids is 1. The molecule has 0 spiro atoms. The van der Waals surface area contributed by atoms with Crippen molar-refractivity contribution in [2.75, 3.05) is 19.6 Å². The number of hydrogen-bond donors (Lipinski definition) is 2. The summed E-state index contributed by atoms with van der Waals surface area (Å²) in [6, 6.07) is 7.42. The normalized spacial score (nSPS) is 16.2. The van der Waals surface area contributed by atoms with Gasteiger partial charge in [-0.15, -0.1) is 0 Å². The molecule has 2 rings (SSSR count). The molecule has 2 N–H and O–H groups in total. The number of nitrogens with one attached hydrogen (secondary N) is 1. The third-order valence-electron chi connectivity index (χ3n) is 3.75. The minimum absolute atomic E-state index is 0.317. The van der Waals surface area contributed by atoms with Crippen LogP contribution in [0.2, 0.25) is 0 Å². The lowest BCUT2D eigenvalue weighted by Crippen LogP contribution is -2.31. The first-order valence-corrected chi connectivity index (χ1v) is 7.47. The Labute approximate surface area is 125 Å². The lowest BCUT2D eigenvalue weighted by atomic mass is 10.1. The number of carbonyl (C=O) groups excluding carboxylic acids is 1. The fourth-order valence-electron chi connectivity index (χ4n) is 2.67. The largest absolute Gasteiger partial charge is 0.480 e. The molecule has 21 heavy (non-hydrogen) atoms. The van der Waals surface area contributed by atoms with Crippen molar-refractivity contribution >= 4 is 11.9 Å². The second-order valence-electron chi connectivity index (χ2n) is 5.42. The van der Waals surface area contributed by atoms with Gasteiger partial charge in [0.2, 0.25) is 0 Å². The van der Waals surface area contributed by atoms with E-state index in [4.69, 9.17) is 5.11 Å². The Hall–Kier alpha value is -1.88. The van der Waals surface area contributed by atoms with E-state index >= 15 is 0 Å². The Bertz CT molecular complexity index is 494. The molecular weight excluding hydrogens is 268 g/mol. The summed E-state index contributed by atoms with van der Waals surface area (Å²) in [5.41, 5.74) is 1.53. The summed E-state index contributed by atoms with van der Waals surface area (Å²) in [6.45, 7) is 2.52. The Morgan fingerprint density at radius 3 is 2.43 bits per heavy atom. The monoisotopic (exact) mass is 290 g/mol. The van der Waals surface area contributed by atoms with Gasteiger partial charge in [-0.25, -0.2) is 0 Å². The zero-order valence-electron chi connectivity index (χ0n) is 12.2. The minimum Gasteiger partial charge on any atom is -0.480 e. The van der Waals surface area contributed by atoms with Gasteiger partial charge in [-0.2, -0.15) is 0 Å². The number of amides is 1. The van der Waals surface area contributed by atoms with Gasteiger partial charge in [-0.05, 0) is 37.6 Å². The number of nitrogens with zero attached hydrogens (tertiary/aromatic N) is 1. The fourth-order valence-corrected chi connectivity index (χ4v) is 2.67. The lowest BCUT2D eigenvalue weighted by Gasteiger charge is -2.21. The molecule has 5 nitrogen and oxygen atoms in total. The van der Waals surface area contributed by atoms with Crippen LogP contribution in [0.25, 0.3) is 0 Å². The SMILES string of the molecule is O=C(O)CNC(=O)c1ccccc1CN1CCCCCC1. The van der Waals surface area contributed by atoms with Gasteiger partial charge in [0.1, 0.15) is 6.54 Å². The smallest absolute Gasteiger partial charge is 0.322 e. The number of carboxylic acids is 1. The van der Waals surface area contributed by atoms with Crippen molar-refractivity contribution < 1.29 is 14.7 Å². The summed E-state index contributed by atoms with van der Waals surface area (Å²) in [5, 5.41) is 11.1. The van der Waals surface area contributed by atoms with Gasteiger partial charge in [-0.3, -0.25) is 14.5 Å². The molecule has 1 heterocycles. The number of likely N-dealkylation sites (tertiary alicyclic amines) is 1. The molecule has 1 aromatic carbocycles. The van der Waals surface area contributed by atoms with Crippen LogP contribution < -0.4 is 5.32 Å². The van der Waals surface area contributed by atoms with E-state index in [0.717, 1.165) is 25.2 Å². The molecule has 0 aliphatic carbocycles. The Morgan fingerprint density at radius 2 is 1.76 bits per heavy atom. The van der Waals surface area contributed by atoms with Crippen LogP contribution in [0.4, 0.5) is 0 Å². The first-order valence-electron chi connectivity index (χ1n) is 7.47. The number of carbonyl (C=O) groups is 2. The topological polar surface area (TPSA) is 69.6 Å². The number of benzene rings is 1. The van der Waals surface area contributed by atoms with E-state index in [2.05, 4.69) is 10.2 Å². The molecule has 114 valence electrons. The van der Waals surface area contributed by atoms with E-state index < -0.39 is 5.97 Å². The van der Waals surface area contributed by atoms with E-state index in [-0.39, 0.29) is 12.5 Å². The van der Waals surface area contributed by atoms with Crippen molar-refractivity contribution in [3.05, 3.63) is 35.4 Å². The van der Waals surface area contributed by atoms with E-state index in [1.165, 1.54) is 25.7 Å². The van der Waals surface area contributed by atoms with Crippen molar-refractivity contribution in [1.29, 1.82) is 0 Å². The summed E-state index contributed by atoms with van der Waals surface area (Å²) < 4.78 is 0. The van der Waals surface area contributed by atoms with E-state index in [0.29, 0.717) is 5.56 Å². The van der Waals surface area contributed by atoms with Crippen LogP contribution in [0.15, 0.2) is 24.3 Å². The molecular formula is C16H22N2O3. The van der Waals surface area contributed by atoms with Crippen LogP contribution in [0.1, 0.15) is 41.6 Å². The molecule has 0 bridgehead atoms. The molecule has 0 aromatic heterocycles. The average molecular weight is 290 g/mol. The number of hydrogen-bond acceptors (Lipinski definition) is 3. The van der Waals surface area contributed by atoms with Gasteiger partial charge >= 0.3 is 5.97 Å². The van der Waals surface area contributed by atoms with Gasteiger partial charge in [0.25, 0.3) is 5.91 Å². The zero-order valence-corrected chi connectivity index (χ0v) is 12.2. The van der Waals surface area contributed by atoms with Crippen LogP contribution in [0.5, 0.6) is 0 Å². The van der Waals surface area contributed by atoms with Gasteiger partial charge in [-0.1, -0.05) is 31.0 Å². The maximum absolute atomic E-state index is 12.1. The highest BCUT2D eigenvalue weighted by molar-refractivity contribution is 5.97. The number of rotatable bonds is 5. The summed E-state index contributed by atoms with van der Waals surface area (Å²) >= 11 is 0. The molecule has 1 fully saturated rings. The van der Waals surface area contributed by atoms with Crippen LogP contribution in [0.3, 0.4) is 0 Å². The van der Waals surface area contributed by atoms with Crippen molar-refractivity contribution in [2.45, 2.75) is 32.2 Å². The summed E-state index contributed by atoms with van der Waals surface area (Å²) in [6.07, 6.45) is 4.95. The highest BCUT2D eigenvalue weighted by atomic mass is 16.4. The quantitative estimate of drug-likeness (QED) is 0.868. The Morgan fingerprint density at radius 1 is 1.10 bits per heavy atom. The first-order chi connectivity index (χ1) is 10.2. The van der Waals surface area contributed by atoms with Crippen LogP contribution in [0, 0.1) is 0 Å². The first kappa shape index (κ1) is 15.5.